The highest BCUT2D eigenvalue weighted by Crippen LogP contribution is 2.29. The number of hydrogen-bond donors (Lipinski definition) is 1. The molecule has 2 nitrogen and oxygen atoms in total. The molecule has 0 unspecified atom stereocenters. The van der Waals surface area contributed by atoms with Gasteiger partial charge in [-0.05, 0) is 56.7 Å². The molecule has 6 heteroatoms. The van der Waals surface area contributed by atoms with E-state index in [1.807, 2.05) is 0 Å². The Morgan fingerprint density at radius 3 is 2.47 bits per heavy atom. The summed E-state index contributed by atoms with van der Waals surface area (Å²) < 4.78 is 35.5. The number of thioether (sulfide) groups is 1. The van der Waals surface area contributed by atoms with E-state index in [0.717, 1.165) is 39.0 Å². The molecule has 0 radical (unpaired) electrons. The van der Waals surface area contributed by atoms with Crippen LogP contribution in [-0.2, 0) is 0 Å². The molecule has 1 heterocycles. The second-order valence-corrected chi connectivity index (χ2v) is 5.54. The van der Waals surface area contributed by atoms with Crippen LogP contribution in [0.1, 0.15) is 19.8 Å². The quantitative estimate of drug-likeness (QED) is 0.747. The number of hydrogen-bond acceptors (Lipinski definition) is 3. The lowest BCUT2D eigenvalue weighted by molar-refractivity contribution is -0.0327. The lowest BCUT2D eigenvalue weighted by Gasteiger charge is -2.31. The molecule has 1 fully saturated rings. The molecular formula is C11H21F3N2S. The second-order valence-electron chi connectivity index (χ2n) is 4.38. The minimum Gasteiger partial charge on any atom is -0.316 e. The monoisotopic (exact) mass is 270 g/mol. The number of halogens is 3. The van der Waals surface area contributed by atoms with Crippen LogP contribution in [-0.4, -0.2) is 48.9 Å². The molecule has 0 saturated carbocycles. The number of alkyl halides is 3. The van der Waals surface area contributed by atoms with Crippen molar-refractivity contribution < 1.29 is 13.2 Å². The van der Waals surface area contributed by atoms with Crippen molar-refractivity contribution >= 4 is 11.8 Å². The fraction of sp³-hybridized carbons (Fsp3) is 1.00. The molecule has 0 aromatic rings. The van der Waals surface area contributed by atoms with E-state index in [9.17, 15) is 13.2 Å². The Morgan fingerprint density at radius 1 is 1.29 bits per heavy atom. The summed E-state index contributed by atoms with van der Waals surface area (Å²) >= 11 is 0.0535. The molecule has 1 rings (SSSR count). The number of likely N-dealkylation sites (tertiary alicyclic amines) is 1. The summed E-state index contributed by atoms with van der Waals surface area (Å²) in [5.74, 6) is 0.741. The summed E-state index contributed by atoms with van der Waals surface area (Å²) in [5.41, 5.74) is -4.09. The van der Waals surface area contributed by atoms with Gasteiger partial charge in [-0.1, -0.05) is 6.92 Å². The summed E-state index contributed by atoms with van der Waals surface area (Å²) in [6.07, 6.45) is 2.32. The van der Waals surface area contributed by atoms with Crippen molar-refractivity contribution in [1.29, 1.82) is 0 Å². The van der Waals surface area contributed by atoms with Gasteiger partial charge in [-0.2, -0.15) is 13.2 Å². The standard InChI is InChI=1S/C11H21F3N2S/c1-2-16-6-3-10(4-7-16)9-15-5-8-17-11(12,13)14/h10,15H,2-9H2,1H3. The topological polar surface area (TPSA) is 15.3 Å². The van der Waals surface area contributed by atoms with Crippen LogP contribution in [0.25, 0.3) is 0 Å². The van der Waals surface area contributed by atoms with Crippen LogP contribution in [0.4, 0.5) is 13.2 Å². The molecule has 1 saturated heterocycles. The Kier molecular flexibility index (Phi) is 6.66. The minimum absolute atomic E-state index is 0.0535. The maximum atomic E-state index is 11.8. The van der Waals surface area contributed by atoms with Crippen molar-refractivity contribution in [1.82, 2.24) is 10.2 Å². The molecule has 0 atom stereocenters. The third-order valence-electron chi connectivity index (χ3n) is 3.13. The van der Waals surface area contributed by atoms with Crippen molar-refractivity contribution in [3.05, 3.63) is 0 Å². The van der Waals surface area contributed by atoms with Crippen molar-refractivity contribution in [2.75, 3.05) is 38.5 Å². The van der Waals surface area contributed by atoms with Crippen LogP contribution in [0.3, 0.4) is 0 Å². The third kappa shape index (κ3) is 7.16. The highest BCUT2D eigenvalue weighted by molar-refractivity contribution is 8.00. The van der Waals surface area contributed by atoms with Gasteiger partial charge in [0.25, 0.3) is 0 Å². The van der Waals surface area contributed by atoms with E-state index in [0.29, 0.717) is 12.5 Å². The van der Waals surface area contributed by atoms with Crippen molar-refractivity contribution in [2.45, 2.75) is 25.3 Å². The van der Waals surface area contributed by atoms with Gasteiger partial charge in [0.05, 0.1) is 0 Å². The number of piperidine rings is 1. The SMILES string of the molecule is CCN1CCC(CNCCSC(F)(F)F)CC1. The van der Waals surface area contributed by atoms with Crippen LogP contribution in [0.2, 0.25) is 0 Å². The molecule has 0 spiro atoms. The van der Waals surface area contributed by atoms with Gasteiger partial charge in [0, 0.05) is 12.3 Å². The summed E-state index contributed by atoms with van der Waals surface area (Å²) in [7, 11) is 0. The number of rotatable bonds is 6. The molecule has 0 amide bonds. The van der Waals surface area contributed by atoms with Gasteiger partial charge < -0.3 is 10.2 Å². The van der Waals surface area contributed by atoms with Crippen molar-refractivity contribution in [3.63, 3.8) is 0 Å². The van der Waals surface area contributed by atoms with Crippen LogP contribution in [0, 0.1) is 5.92 Å². The van der Waals surface area contributed by atoms with E-state index < -0.39 is 5.51 Å². The normalized spacial score (nSPS) is 19.8. The van der Waals surface area contributed by atoms with Gasteiger partial charge in [0.2, 0.25) is 0 Å². The summed E-state index contributed by atoms with van der Waals surface area (Å²) in [4.78, 5) is 2.41. The van der Waals surface area contributed by atoms with Gasteiger partial charge in [0.15, 0.2) is 0 Å². The highest BCUT2D eigenvalue weighted by atomic mass is 32.2. The van der Waals surface area contributed by atoms with E-state index in [2.05, 4.69) is 17.1 Å². The fourth-order valence-corrected chi connectivity index (χ4v) is 2.53. The zero-order valence-corrected chi connectivity index (χ0v) is 11.0. The first-order chi connectivity index (χ1) is 8.01. The molecule has 102 valence electrons. The second kappa shape index (κ2) is 7.48. The Labute approximate surface area is 105 Å². The molecule has 1 aliphatic heterocycles. The zero-order chi connectivity index (χ0) is 12.7. The Morgan fingerprint density at radius 2 is 1.94 bits per heavy atom. The van der Waals surface area contributed by atoms with Crippen LogP contribution in [0.5, 0.6) is 0 Å². The number of nitrogens with one attached hydrogen (secondary N) is 1. The summed E-state index contributed by atoms with van der Waals surface area (Å²) in [6, 6.07) is 0. The van der Waals surface area contributed by atoms with E-state index in [1.165, 1.54) is 0 Å². The lowest BCUT2D eigenvalue weighted by atomic mass is 9.97. The molecule has 0 bridgehead atoms. The van der Waals surface area contributed by atoms with Gasteiger partial charge in [-0.25, -0.2) is 0 Å². The molecule has 0 aromatic heterocycles. The molecule has 1 aliphatic rings. The largest absolute Gasteiger partial charge is 0.441 e. The Bertz CT molecular complexity index is 203. The lowest BCUT2D eigenvalue weighted by Crippen LogP contribution is -2.37. The van der Waals surface area contributed by atoms with Crippen molar-refractivity contribution in [2.24, 2.45) is 5.92 Å². The smallest absolute Gasteiger partial charge is 0.316 e. The average molecular weight is 270 g/mol. The Hall–Kier alpha value is 0.0600. The van der Waals surface area contributed by atoms with Crippen molar-refractivity contribution in [3.8, 4) is 0 Å². The molecule has 0 aromatic carbocycles. The van der Waals surface area contributed by atoms with Gasteiger partial charge >= 0.3 is 5.51 Å². The number of nitrogens with zero attached hydrogens (tertiary/aromatic N) is 1. The molecule has 17 heavy (non-hydrogen) atoms. The Balaban J connectivity index is 1.97. The van der Waals surface area contributed by atoms with E-state index in [1.54, 1.807) is 0 Å². The first kappa shape index (κ1) is 15.1. The maximum absolute atomic E-state index is 11.8. The summed E-state index contributed by atoms with van der Waals surface area (Å²) in [5, 5.41) is 3.12. The van der Waals surface area contributed by atoms with Gasteiger partial charge in [-0.3, -0.25) is 0 Å². The van der Waals surface area contributed by atoms with E-state index >= 15 is 0 Å². The fourth-order valence-electron chi connectivity index (χ4n) is 2.05. The predicted octanol–water partition coefficient (Wildman–Crippen LogP) is 2.56. The first-order valence-electron chi connectivity index (χ1n) is 6.15. The first-order valence-corrected chi connectivity index (χ1v) is 7.13. The van der Waals surface area contributed by atoms with E-state index in [4.69, 9.17) is 0 Å². The molecular weight excluding hydrogens is 249 g/mol. The van der Waals surface area contributed by atoms with Crippen LogP contribution < -0.4 is 5.32 Å². The van der Waals surface area contributed by atoms with Crippen LogP contribution >= 0.6 is 11.8 Å². The average Bonchev–Trinajstić information content (AvgIpc) is 2.28. The predicted molar refractivity (Wildman–Crippen MR) is 66.2 cm³/mol. The zero-order valence-electron chi connectivity index (χ0n) is 10.2. The molecule has 0 aliphatic carbocycles. The van der Waals surface area contributed by atoms with Crippen LogP contribution in [0.15, 0.2) is 0 Å². The van der Waals surface area contributed by atoms with Gasteiger partial charge in [-0.15, -0.1) is 0 Å². The minimum atomic E-state index is -4.09. The molecule has 1 N–H and O–H groups in total. The third-order valence-corrected chi connectivity index (χ3v) is 3.87. The maximum Gasteiger partial charge on any atom is 0.441 e. The summed E-state index contributed by atoms with van der Waals surface area (Å²) in [6.45, 7) is 6.81. The van der Waals surface area contributed by atoms with E-state index in [-0.39, 0.29) is 17.5 Å². The van der Waals surface area contributed by atoms with Gasteiger partial charge in [0.1, 0.15) is 0 Å². The highest BCUT2D eigenvalue weighted by Gasteiger charge is 2.27.